The second kappa shape index (κ2) is 9.20. The molecule has 29 heavy (non-hydrogen) atoms. The van der Waals surface area contributed by atoms with Crippen molar-refractivity contribution < 1.29 is 9.90 Å². The number of carboxylic acid groups (broad SMARTS) is 1. The third kappa shape index (κ3) is 4.72. The van der Waals surface area contributed by atoms with Crippen molar-refractivity contribution in [1.82, 2.24) is 14.8 Å². The summed E-state index contributed by atoms with van der Waals surface area (Å²) < 4.78 is 1.93. The summed E-state index contributed by atoms with van der Waals surface area (Å²) >= 11 is 0. The highest BCUT2D eigenvalue weighted by molar-refractivity contribution is 5.95. The molecule has 0 aliphatic carbocycles. The fraction of sp³-hybridized carbons (Fsp3) is 0.292. The van der Waals surface area contributed by atoms with Crippen molar-refractivity contribution in [3.63, 3.8) is 0 Å². The maximum absolute atomic E-state index is 11.5. The predicted octanol–water partition coefficient (Wildman–Crippen LogP) is 4.77. The van der Waals surface area contributed by atoms with Crippen molar-refractivity contribution in [2.24, 2.45) is 0 Å². The molecule has 1 N–H and O–H groups in total. The molecular formula is C24H25N3O2. The quantitative estimate of drug-likeness (QED) is 0.565. The van der Waals surface area contributed by atoms with Crippen LogP contribution in [0.1, 0.15) is 60.2 Å². The van der Waals surface area contributed by atoms with Gasteiger partial charge in [-0.05, 0) is 29.2 Å². The average molecular weight is 387 g/mol. The number of aryl methyl sites for hydroxylation is 1. The van der Waals surface area contributed by atoms with E-state index in [2.05, 4.69) is 19.8 Å². The molecule has 0 saturated heterocycles. The lowest BCUT2D eigenvalue weighted by Crippen LogP contribution is -2.07. The van der Waals surface area contributed by atoms with Crippen molar-refractivity contribution in [1.29, 1.82) is 0 Å². The van der Waals surface area contributed by atoms with Crippen LogP contribution in [0.15, 0.2) is 48.5 Å². The van der Waals surface area contributed by atoms with Crippen LogP contribution in [-0.4, -0.2) is 25.8 Å². The molecule has 0 spiro atoms. The molecule has 0 aliphatic heterocycles. The molecule has 0 amide bonds. The molecule has 0 radical (unpaired) electrons. The largest absolute Gasteiger partial charge is 0.478 e. The van der Waals surface area contributed by atoms with Crippen LogP contribution in [0.2, 0.25) is 0 Å². The molecule has 1 heterocycles. The Bertz CT molecular complexity index is 1030. The maximum Gasteiger partial charge on any atom is 0.336 e. The first-order valence-electron chi connectivity index (χ1n) is 9.82. The van der Waals surface area contributed by atoms with Crippen LogP contribution in [0.3, 0.4) is 0 Å². The van der Waals surface area contributed by atoms with Gasteiger partial charge in [-0.25, -0.2) is 14.5 Å². The topological polar surface area (TPSA) is 68.0 Å². The van der Waals surface area contributed by atoms with E-state index in [1.807, 2.05) is 41.1 Å². The van der Waals surface area contributed by atoms with Gasteiger partial charge in [-0.2, -0.15) is 5.10 Å². The van der Waals surface area contributed by atoms with Crippen molar-refractivity contribution in [2.45, 2.75) is 45.6 Å². The zero-order valence-corrected chi connectivity index (χ0v) is 16.8. The van der Waals surface area contributed by atoms with Crippen LogP contribution in [0.25, 0.3) is 11.1 Å². The van der Waals surface area contributed by atoms with Gasteiger partial charge in [-0.15, -0.1) is 12.3 Å². The number of benzene rings is 2. The molecule has 1 unspecified atom stereocenters. The Kier molecular flexibility index (Phi) is 6.46. The molecule has 5 nitrogen and oxygen atoms in total. The van der Waals surface area contributed by atoms with Crippen molar-refractivity contribution >= 4 is 5.97 Å². The number of nitrogens with zero attached hydrogens (tertiary/aromatic N) is 3. The summed E-state index contributed by atoms with van der Waals surface area (Å²) in [6.07, 6.45) is 7.74. The molecule has 5 heteroatoms. The van der Waals surface area contributed by atoms with Crippen molar-refractivity contribution in [2.75, 3.05) is 0 Å². The molecule has 0 saturated carbocycles. The molecule has 1 atom stereocenters. The molecule has 0 fully saturated rings. The molecule has 1 aromatic heterocycles. The standard InChI is InChI=1S/C24H25N3O2/c1-4-6-11-22-25-23(17(3)5-2)26-27(22)16-18-12-14-19(15-13-18)20-9-7-8-10-21(20)24(28)29/h1,7-10,12-15,17H,5-6,11,16H2,2-3H3,(H,28,29). The van der Waals surface area contributed by atoms with Gasteiger partial charge in [0.15, 0.2) is 5.82 Å². The van der Waals surface area contributed by atoms with E-state index < -0.39 is 5.97 Å². The number of hydrogen-bond donors (Lipinski definition) is 1. The molecule has 0 bridgehead atoms. The van der Waals surface area contributed by atoms with E-state index >= 15 is 0 Å². The normalized spacial score (nSPS) is 11.8. The lowest BCUT2D eigenvalue weighted by molar-refractivity contribution is 0.0697. The van der Waals surface area contributed by atoms with Gasteiger partial charge < -0.3 is 5.11 Å². The van der Waals surface area contributed by atoms with E-state index in [-0.39, 0.29) is 0 Å². The van der Waals surface area contributed by atoms with Gasteiger partial charge in [0.25, 0.3) is 0 Å². The van der Waals surface area contributed by atoms with E-state index in [9.17, 15) is 9.90 Å². The van der Waals surface area contributed by atoms with Gasteiger partial charge in [0.05, 0.1) is 12.1 Å². The van der Waals surface area contributed by atoms with Gasteiger partial charge in [-0.1, -0.05) is 56.3 Å². The van der Waals surface area contributed by atoms with Crippen LogP contribution in [0, 0.1) is 12.3 Å². The van der Waals surface area contributed by atoms with E-state index in [4.69, 9.17) is 16.5 Å². The fourth-order valence-corrected chi connectivity index (χ4v) is 3.16. The summed E-state index contributed by atoms with van der Waals surface area (Å²) in [5.41, 5.74) is 2.95. The summed E-state index contributed by atoms with van der Waals surface area (Å²) in [5.74, 6) is 3.80. The van der Waals surface area contributed by atoms with Gasteiger partial charge in [0.2, 0.25) is 0 Å². The van der Waals surface area contributed by atoms with E-state index in [0.29, 0.717) is 36.4 Å². The number of hydrogen-bond acceptors (Lipinski definition) is 3. The average Bonchev–Trinajstić information content (AvgIpc) is 3.14. The van der Waals surface area contributed by atoms with Crippen LogP contribution in [0.4, 0.5) is 0 Å². The number of terminal acetylenes is 1. The Morgan fingerprint density at radius 2 is 1.93 bits per heavy atom. The van der Waals surface area contributed by atoms with Crippen LogP contribution < -0.4 is 0 Å². The Labute approximate surface area is 171 Å². The summed E-state index contributed by atoms with van der Waals surface area (Å²) in [6, 6.07) is 14.9. The van der Waals surface area contributed by atoms with Gasteiger partial charge in [0.1, 0.15) is 5.82 Å². The summed E-state index contributed by atoms with van der Waals surface area (Å²) in [6.45, 7) is 4.85. The summed E-state index contributed by atoms with van der Waals surface area (Å²) in [5, 5.41) is 14.1. The number of aromatic carboxylic acids is 1. The fourth-order valence-electron chi connectivity index (χ4n) is 3.16. The van der Waals surface area contributed by atoms with Gasteiger partial charge in [-0.3, -0.25) is 0 Å². The Morgan fingerprint density at radius 1 is 1.21 bits per heavy atom. The zero-order chi connectivity index (χ0) is 20.8. The third-order valence-electron chi connectivity index (χ3n) is 5.07. The third-order valence-corrected chi connectivity index (χ3v) is 5.07. The smallest absolute Gasteiger partial charge is 0.336 e. The molecule has 148 valence electrons. The van der Waals surface area contributed by atoms with E-state index in [1.165, 1.54) is 0 Å². The molecule has 3 rings (SSSR count). The Morgan fingerprint density at radius 3 is 2.59 bits per heavy atom. The second-order valence-corrected chi connectivity index (χ2v) is 7.10. The summed E-state index contributed by atoms with van der Waals surface area (Å²) in [4.78, 5) is 16.2. The highest BCUT2D eigenvalue weighted by atomic mass is 16.4. The Hall–Kier alpha value is -3.39. The lowest BCUT2D eigenvalue weighted by Gasteiger charge is -2.09. The number of rotatable bonds is 8. The SMILES string of the molecule is C#CCCc1nc(C(C)CC)nn1Cc1ccc(-c2ccccc2C(=O)O)cc1. The van der Waals surface area contributed by atoms with Crippen LogP contribution in [-0.2, 0) is 13.0 Å². The first-order chi connectivity index (χ1) is 14.0. The lowest BCUT2D eigenvalue weighted by atomic mass is 9.99. The predicted molar refractivity (Wildman–Crippen MR) is 114 cm³/mol. The second-order valence-electron chi connectivity index (χ2n) is 7.10. The highest BCUT2D eigenvalue weighted by Crippen LogP contribution is 2.24. The van der Waals surface area contributed by atoms with Gasteiger partial charge in [0, 0.05) is 18.8 Å². The minimum atomic E-state index is -0.928. The first kappa shape index (κ1) is 20.3. The Balaban J connectivity index is 1.86. The number of carboxylic acids is 1. The van der Waals surface area contributed by atoms with E-state index in [1.54, 1.807) is 12.1 Å². The molecule has 3 aromatic rings. The number of carbonyl (C=O) groups is 1. The van der Waals surface area contributed by atoms with E-state index in [0.717, 1.165) is 29.2 Å². The molecular weight excluding hydrogens is 362 g/mol. The molecule has 0 aliphatic rings. The first-order valence-corrected chi connectivity index (χ1v) is 9.82. The van der Waals surface area contributed by atoms with Crippen molar-refractivity contribution in [3.05, 3.63) is 71.3 Å². The minimum Gasteiger partial charge on any atom is -0.478 e. The number of aromatic nitrogens is 3. The highest BCUT2D eigenvalue weighted by Gasteiger charge is 2.15. The monoisotopic (exact) mass is 387 g/mol. The zero-order valence-electron chi connectivity index (χ0n) is 16.8. The van der Waals surface area contributed by atoms with Crippen LogP contribution in [0.5, 0.6) is 0 Å². The summed E-state index contributed by atoms with van der Waals surface area (Å²) in [7, 11) is 0. The van der Waals surface area contributed by atoms with Gasteiger partial charge >= 0.3 is 5.97 Å². The van der Waals surface area contributed by atoms with Crippen molar-refractivity contribution in [3.8, 4) is 23.5 Å². The maximum atomic E-state index is 11.5. The minimum absolute atomic E-state index is 0.297. The molecule has 2 aromatic carbocycles. The van der Waals surface area contributed by atoms with Crippen LogP contribution >= 0.6 is 0 Å².